The maximum Gasteiger partial charge on any atom is 0.329 e. The Hall–Kier alpha value is -1.50. The van der Waals surface area contributed by atoms with E-state index in [-0.39, 0.29) is 5.56 Å². The Labute approximate surface area is 165 Å². The summed E-state index contributed by atoms with van der Waals surface area (Å²) in [5, 5.41) is 1.25. The molecule has 1 atom stereocenters. The smallest absolute Gasteiger partial charge is 0.313 e. The molecule has 0 aliphatic rings. The van der Waals surface area contributed by atoms with Crippen molar-refractivity contribution in [3.8, 4) is 0 Å². The van der Waals surface area contributed by atoms with Crippen LogP contribution >= 0.6 is 11.8 Å². The number of nitrogens with one attached hydrogen (secondary N) is 1. The van der Waals surface area contributed by atoms with Crippen molar-refractivity contribution >= 4 is 22.9 Å². The zero-order valence-corrected chi connectivity index (χ0v) is 18.0. The van der Waals surface area contributed by atoms with Gasteiger partial charge in [0.1, 0.15) is 0 Å². The molecule has 0 bridgehead atoms. The predicted octanol–water partition coefficient (Wildman–Crippen LogP) is 4.45. The molecule has 0 saturated carbocycles. The number of thioether (sulfide) groups is 1. The second-order valence-electron chi connectivity index (χ2n) is 7.35. The first-order valence-electron chi connectivity index (χ1n) is 10.4. The highest BCUT2D eigenvalue weighted by molar-refractivity contribution is 7.99. The summed E-state index contributed by atoms with van der Waals surface area (Å²) < 4.78 is 3.45. The normalized spacial score (nSPS) is 12.7. The van der Waals surface area contributed by atoms with E-state index in [0.717, 1.165) is 31.0 Å². The van der Waals surface area contributed by atoms with Gasteiger partial charge in [-0.15, -0.1) is 0 Å². The number of rotatable bonds is 12. The summed E-state index contributed by atoms with van der Waals surface area (Å²) in [6.45, 7) is 7.31. The molecule has 0 aromatic carbocycles. The third-order valence-electron chi connectivity index (χ3n) is 5.09. The Morgan fingerprint density at radius 3 is 2.30 bits per heavy atom. The van der Waals surface area contributed by atoms with Crippen LogP contribution in [0.1, 0.15) is 78.6 Å². The zero-order chi connectivity index (χ0) is 19.8. The number of nitrogens with zero attached hydrogens (tertiary/aromatic N) is 3. The minimum absolute atomic E-state index is 0.337. The Morgan fingerprint density at radius 2 is 1.67 bits per heavy atom. The third kappa shape index (κ3) is 5.74. The van der Waals surface area contributed by atoms with Crippen molar-refractivity contribution < 1.29 is 0 Å². The molecule has 0 spiro atoms. The molecule has 2 rings (SSSR count). The fraction of sp³-hybridized carbons (Fsp3) is 0.750. The number of hydrogen-bond donors (Lipinski definition) is 1. The number of aryl methyl sites for hydroxylation is 2. The van der Waals surface area contributed by atoms with E-state index in [9.17, 15) is 9.59 Å². The number of fused-ring (bicyclic) bond motifs is 1. The zero-order valence-electron chi connectivity index (χ0n) is 17.2. The summed E-state index contributed by atoms with van der Waals surface area (Å²) in [7, 11) is 1.66. The molecule has 0 radical (unpaired) electrons. The molecule has 1 N–H and O–H groups in total. The number of aromatic amines is 1. The molecule has 0 amide bonds. The van der Waals surface area contributed by atoms with Gasteiger partial charge in [-0.1, -0.05) is 77.5 Å². The lowest BCUT2D eigenvalue weighted by Crippen LogP contribution is -2.29. The Morgan fingerprint density at radius 1 is 1.04 bits per heavy atom. The fourth-order valence-electron chi connectivity index (χ4n) is 3.18. The molecule has 27 heavy (non-hydrogen) atoms. The van der Waals surface area contributed by atoms with E-state index in [0.29, 0.717) is 16.4 Å². The third-order valence-corrected chi connectivity index (χ3v) is 6.35. The van der Waals surface area contributed by atoms with Gasteiger partial charge in [0.2, 0.25) is 0 Å². The number of hydrogen-bond acceptors (Lipinski definition) is 4. The molecule has 6 nitrogen and oxygen atoms in total. The minimum atomic E-state index is -0.413. The molecule has 0 aliphatic heterocycles. The maximum absolute atomic E-state index is 12.4. The summed E-state index contributed by atoms with van der Waals surface area (Å²) in [6, 6.07) is 0. The van der Waals surface area contributed by atoms with Crippen molar-refractivity contribution in [1.82, 2.24) is 19.1 Å². The van der Waals surface area contributed by atoms with E-state index in [1.807, 2.05) is 4.57 Å². The highest BCUT2D eigenvalue weighted by atomic mass is 32.2. The summed E-state index contributed by atoms with van der Waals surface area (Å²) in [4.78, 5) is 31.4. The predicted molar refractivity (Wildman–Crippen MR) is 114 cm³/mol. The maximum atomic E-state index is 12.4. The average Bonchev–Trinajstić information content (AvgIpc) is 3.00. The molecule has 2 heterocycles. The van der Waals surface area contributed by atoms with Crippen molar-refractivity contribution in [1.29, 1.82) is 0 Å². The molecule has 2 aromatic rings. The molecule has 0 saturated heterocycles. The van der Waals surface area contributed by atoms with E-state index in [2.05, 4.69) is 30.7 Å². The van der Waals surface area contributed by atoms with Crippen LogP contribution in [-0.4, -0.2) is 24.4 Å². The van der Waals surface area contributed by atoms with E-state index < -0.39 is 5.69 Å². The molecule has 0 unspecified atom stereocenters. The monoisotopic (exact) mass is 394 g/mol. The number of unbranched alkanes of at least 4 members (excludes halogenated alkanes) is 7. The lowest BCUT2D eigenvalue weighted by molar-refractivity contribution is 0.533. The van der Waals surface area contributed by atoms with Crippen LogP contribution in [-0.2, 0) is 13.6 Å². The fourth-order valence-corrected chi connectivity index (χ4v) is 4.15. The topological polar surface area (TPSA) is 72.7 Å². The van der Waals surface area contributed by atoms with Crippen molar-refractivity contribution in [2.75, 3.05) is 0 Å². The van der Waals surface area contributed by atoms with Crippen molar-refractivity contribution in [3.63, 3.8) is 0 Å². The van der Waals surface area contributed by atoms with Gasteiger partial charge in [-0.2, -0.15) is 0 Å². The van der Waals surface area contributed by atoms with Crippen LogP contribution in [0.5, 0.6) is 0 Å². The molecule has 2 aromatic heterocycles. The lowest BCUT2D eigenvalue weighted by atomic mass is 10.1. The van der Waals surface area contributed by atoms with Gasteiger partial charge in [0.15, 0.2) is 16.3 Å². The van der Waals surface area contributed by atoms with Crippen LogP contribution in [0, 0.1) is 0 Å². The van der Waals surface area contributed by atoms with Crippen LogP contribution in [0.4, 0.5) is 0 Å². The summed E-state index contributed by atoms with van der Waals surface area (Å²) in [5.41, 5.74) is 0.250. The Bertz CT molecular complexity index is 837. The highest BCUT2D eigenvalue weighted by Gasteiger charge is 2.18. The largest absolute Gasteiger partial charge is 0.329 e. The first kappa shape index (κ1) is 21.8. The quantitative estimate of drug-likeness (QED) is 0.426. The van der Waals surface area contributed by atoms with Gasteiger partial charge >= 0.3 is 5.69 Å². The Kier molecular flexibility index (Phi) is 8.67. The van der Waals surface area contributed by atoms with E-state index in [4.69, 9.17) is 0 Å². The first-order chi connectivity index (χ1) is 13.0. The first-order valence-corrected chi connectivity index (χ1v) is 11.2. The van der Waals surface area contributed by atoms with Crippen LogP contribution in [0.2, 0.25) is 0 Å². The second-order valence-corrected chi connectivity index (χ2v) is 8.75. The highest BCUT2D eigenvalue weighted by Crippen LogP contribution is 2.27. The lowest BCUT2D eigenvalue weighted by Gasteiger charge is -2.11. The summed E-state index contributed by atoms with van der Waals surface area (Å²) >= 11 is 1.68. The van der Waals surface area contributed by atoms with Crippen LogP contribution in [0.3, 0.4) is 0 Å². The van der Waals surface area contributed by atoms with Crippen molar-refractivity contribution in [2.24, 2.45) is 7.05 Å². The SMILES string of the molecule is CCCCCCCCCCn1c(S[C@@H](C)CC)nc2c1c(=O)[nH]c(=O)n2C. The molecule has 152 valence electrons. The van der Waals surface area contributed by atoms with Gasteiger partial charge in [0.25, 0.3) is 5.56 Å². The van der Waals surface area contributed by atoms with E-state index in [1.165, 1.54) is 43.1 Å². The standard InChI is InChI=1S/C20H34N4O2S/c1-5-7-8-9-10-11-12-13-14-24-16-17(21-20(24)27-15(3)6-2)23(4)19(26)22-18(16)25/h15H,5-14H2,1-4H3,(H,22,25,26)/t15-/m0/s1. The average molecular weight is 395 g/mol. The van der Waals surface area contributed by atoms with Gasteiger partial charge in [-0.25, -0.2) is 9.78 Å². The summed E-state index contributed by atoms with van der Waals surface area (Å²) in [6.07, 6.45) is 11.0. The van der Waals surface area contributed by atoms with Gasteiger partial charge in [0.05, 0.1) is 0 Å². The molecule has 0 fully saturated rings. The Balaban J connectivity index is 2.13. The van der Waals surface area contributed by atoms with Gasteiger partial charge in [0, 0.05) is 18.8 Å². The molecular formula is C20H34N4O2S. The second kappa shape index (κ2) is 10.7. The number of H-pyrrole nitrogens is 1. The summed E-state index contributed by atoms with van der Waals surface area (Å²) in [5.74, 6) is 0. The number of imidazole rings is 1. The van der Waals surface area contributed by atoms with Gasteiger partial charge in [-0.3, -0.25) is 14.3 Å². The van der Waals surface area contributed by atoms with Gasteiger partial charge in [-0.05, 0) is 12.8 Å². The number of aromatic nitrogens is 4. The molecular weight excluding hydrogens is 360 g/mol. The van der Waals surface area contributed by atoms with E-state index >= 15 is 0 Å². The molecule has 7 heteroatoms. The van der Waals surface area contributed by atoms with Crippen molar-refractivity contribution in [3.05, 3.63) is 20.8 Å². The minimum Gasteiger partial charge on any atom is -0.313 e. The van der Waals surface area contributed by atoms with Crippen LogP contribution in [0.15, 0.2) is 14.7 Å². The van der Waals surface area contributed by atoms with Crippen molar-refractivity contribution in [2.45, 2.75) is 95.5 Å². The van der Waals surface area contributed by atoms with Crippen LogP contribution in [0.25, 0.3) is 11.2 Å². The van der Waals surface area contributed by atoms with Crippen LogP contribution < -0.4 is 11.2 Å². The van der Waals surface area contributed by atoms with Gasteiger partial charge < -0.3 is 4.57 Å². The van der Waals surface area contributed by atoms with E-state index in [1.54, 1.807) is 18.8 Å². The molecule has 0 aliphatic carbocycles.